The van der Waals surface area contributed by atoms with Gasteiger partial charge in [0.25, 0.3) is 0 Å². The molecule has 0 aliphatic carbocycles. The number of hydrogen-bond acceptors (Lipinski definition) is 3. The molecule has 0 fully saturated rings. The van der Waals surface area contributed by atoms with E-state index in [2.05, 4.69) is 0 Å². The molecule has 0 rings (SSSR count). The summed E-state index contributed by atoms with van der Waals surface area (Å²) in [6, 6.07) is 0. The van der Waals surface area contributed by atoms with E-state index >= 15 is 0 Å². The van der Waals surface area contributed by atoms with Crippen molar-refractivity contribution in [1.82, 2.24) is 0 Å². The van der Waals surface area contributed by atoms with Crippen molar-refractivity contribution in [1.29, 1.82) is 0 Å². The van der Waals surface area contributed by atoms with E-state index in [0.29, 0.717) is 0 Å². The average molecular weight is 160 g/mol. The van der Waals surface area contributed by atoms with Gasteiger partial charge < -0.3 is 0 Å². The van der Waals surface area contributed by atoms with Crippen molar-refractivity contribution in [2.24, 2.45) is 0 Å². The van der Waals surface area contributed by atoms with Gasteiger partial charge in [-0.15, -0.1) is 0 Å². The molecule has 0 amide bonds. The van der Waals surface area contributed by atoms with Crippen molar-refractivity contribution < 1.29 is 28.7 Å². The number of rotatable bonds is 0. The molecule has 1 N–H and O–H groups in total. The molecule has 0 aromatic carbocycles. The molecule has 0 saturated carbocycles. The summed E-state index contributed by atoms with van der Waals surface area (Å²) in [6.45, 7) is 0. The molecule has 34 valence electrons. The predicted octanol–water partition coefficient (Wildman–Crippen LogP) is -1.56. The van der Waals surface area contributed by atoms with Crippen LogP contribution in [0.25, 0.3) is 0 Å². The second-order valence-electron chi connectivity index (χ2n) is 0.396. The Kier molecular flexibility index (Phi) is 6.13. The molecule has 0 aliphatic rings. The van der Waals surface area contributed by atoms with Crippen LogP contribution in [0.1, 0.15) is 0 Å². The van der Waals surface area contributed by atoms with Gasteiger partial charge in [-0.2, -0.15) is 0 Å². The molecule has 6 heteroatoms. The van der Waals surface area contributed by atoms with Crippen LogP contribution in [-0.4, -0.2) is 55.6 Å². The Balaban J connectivity index is 0. The van der Waals surface area contributed by atoms with Gasteiger partial charge in [0.1, 0.15) is 0 Å². The fraction of sp³-hybridized carbons (Fsp3) is 0. The first-order chi connectivity index (χ1) is 2.00. The predicted molar refractivity (Wildman–Crippen MR) is 11.4 cm³/mol. The zero-order chi connectivity index (χ0) is 4.50. The van der Waals surface area contributed by atoms with Crippen molar-refractivity contribution in [3.05, 3.63) is 0 Å². The van der Waals surface area contributed by atoms with E-state index < -0.39 is 13.0 Å². The molecular formula is H2KMnO4. The molecule has 0 spiro atoms. The van der Waals surface area contributed by atoms with Gasteiger partial charge in [-0.05, 0) is 0 Å². The Labute approximate surface area is 78.5 Å². The van der Waals surface area contributed by atoms with Gasteiger partial charge >= 0.3 is 80.0 Å². The maximum atomic E-state index is 8.69. The topological polar surface area (TPSA) is 71.4 Å². The summed E-state index contributed by atoms with van der Waals surface area (Å²) in [4.78, 5) is 0. The minimum atomic E-state index is -5.38. The summed E-state index contributed by atoms with van der Waals surface area (Å²) in [7, 11) is 0. The van der Waals surface area contributed by atoms with Crippen molar-refractivity contribution >= 4 is 51.4 Å². The zero-order valence-corrected chi connectivity index (χ0v) is 3.23. The minimum absolute atomic E-state index is 0. The van der Waals surface area contributed by atoms with E-state index in [1.165, 1.54) is 0 Å². The zero-order valence-electron chi connectivity index (χ0n) is 2.05. The number of hydrogen-bond donors (Lipinski definition) is 1. The van der Waals surface area contributed by atoms with E-state index in [1.54, 1.807) is 0 Å². The molecule has 0 unspecified atom stereocenters. The molecule has 0 aromatic rings. The third-order valence-corrected chi connectivity index (χ3v) is 0. The van der Waals surface area contributed by atoms with Crippen LogP contribution in [0.4, 0.5) is 0 Å². The van der Waals surface area contributed by atoms with Crippen LogP contribution in [0.15, 0.2) is 0 Å². The normalized spacial score (nSPS) is 9.50. The van der Waals surface area contributed by atoms with Crippen molar-refractivity contribution in [3.8, 4) is 0 Å². The molecule has 0 heterocycles. The first kappa shape index (κ1) is 10.5. The van der Waals surface area contributed by atoms with Gasteiger partial charge in [0.05, 0.1) is 0 Å². The van der Waals surface area contributed by atoms with Crippen LogP contribution in [0, 0.1) is 0 Å². The van der Waals surface area contributed by atoms with Crippen LogP contribution in [0.3, 0.4) is 0 Å². The molecular weight excluding hydrogens is 158 g/mol. The quantitative estimate of drug-likeness (QED) is 0.435. The van der Waals surface area contributed by atoms with Crippen molar-refractivity contribution in [3.63, 3.8) is 0 Å². The molecule has 4 nitrogen and oxygen atoms in total. The molecule has 0 saturated heterocycles. The van der Waals surface area contributed by atoms with E-state index in [1.807, 2.05) is 0 Å². The summed E-state index contributed by atoms with van der Waals surface area (Å²) in [6.07, 6.45) is 0. The van der Waals surface area contributed by atoms with E-state index in [4.69, 9.17) is 15.7 Å². The van der Waals surface area contributed by atoms with Crippen LogP contribution in [0.5, 0.6) is 0 Å². The molecule has 0 aromatic heterocycles. The van der Waals surface area contributed by atoms with Crippen LogP contribution in [-0.2, 0) is 24.5 Å². The monoisotopic (exact) mass is 160 g/mol. The average Bonchev–Trinajstić information content (AvgIpc) is 0.722. The third-order valence-electron chi connectivity index (χ3n) is 0. The third kappa shape index (κ3) is 49.0. The van der Waals surface area contributed by atoms with Crippen LogP contribution < -0.4 is 0 Å². The standard InChI is InChI=1S/K.Mn.H2O.3O.H/h;;1H2;;;;/q;+1;;;;;/p-1. The van der Waals surface area contributed by atoms with Gasteiger partial charge in [-0.3, -0.25) is 0 Å². The SMILES string of the molecule is [KH].[O]=[Mn](=[O])(=[O])[OH]. The van der Waals surface area contributed by atoms with Gasteiger partial charge in [-0.25, -0.2) is 0 Å². The summed E-state index contributed by atoms with van der Waals surface area (Å²) in [5, 5.41) is 0. The second kappa shape index (κ2) is 3.51. The van der Waals surface area contributed by atoms with Gasteiger partial charge in [0, 0.05) is 0 Å². The fourth-order valence-corrected chi connectivity index (χ4v) is 0. The van der Waals surface area contributed by atoms with Gasteiger partial charge in [0.2, 0.25) is 0 Å². The Morgan fingerprint density at radius 1 is 1.17 bits per heavy atom. The van der Waals surface area contributed by atoms with Crippen molar-refractivity contribution in [2.45, 2.75) is 0 Å². The van der Waals surface area contributed by atoms with E-state index in [9.17, 15) is 0 Å². The van der Waals surface area contributed by atoms with Gasteiger partial charge in [-0.1, -0.05) is 0 Å². The summed E-state index contributed by atoms with van der Waals surface area (Å²) >= 11 is -5.38. The molecule has 6 heavy (non-hydrogen) atoms. The molecule has 0 aliphatic heterocycles. The summed E-state index contributed by atoms with van der Waals surface area (Å²) in [5.41, 5.74) is 0. The van der Waals surface area contributed by atoms with Crippen molar-refractivity contribution in [2.75, 3.05) is 0 Å². The Morgan fingerprint density at radius 2 is 1.17 bits per heavy atom. The molecule has 0 radical (unpaired) electrons. The second-order valence-corrected chi connectivity index (χ2v) is 1.63. The summed E-state index contributed by atoms with van der Waals surface area (Å²) in [5.74, 6) is 0. The molecule has 0 atom stereocenters. The Bertz CT molecular complexity index is 129. The summed E-state index contributed by atoms with van der Waals surface area (Å²) < 4.78 is 33.1. The van der Waals surface area contributed by atoms with E-state index in [-0.39, 0.29) is 51.4 Å². The molecule has 0 bridgehead atoms. The first-order valence-corrected chi connectivity index (χ1v) is 2.61. The Morgan fingerprint density at radius 3 is 1.17 bits per heavy atom. The van der Waals surface area contributed by atoms with Crippen LogP contribution >= 0.6 is 0 Å². The first-order valence-electron chi connectivity index (χ1n) is 0.632. The van der Waals surface area contributed by atoms with E-state index in [0.717, 1.165) is 0 Å². The Hall–Kier alpha value is 1.52. The fourth-order valence-electron chi connectivity index (χ4n) is 0. The maximum absolute atomic E-state index is 8.69. The van der Waals surface area contributed by atoms with Gasteiger partial charge in [0.15, 0.2) is 0 Å². The van der Waals surface area contributed by atoms with Crippen LogP contribution in [0.2, 0.25) is 0 Å².